The van der Waals surface area contributed by atoms with Crippen LogP contribution in [-0.2, 0) is 9.47 Å². The maximum atomic E-state index is 6.16. The minimum atomic E-state index is 0.0603. The van der Waals surface area contributed by atoms with Crippen LogP contribution in [0.5, 0.6) is 0 Å². The van der Waals surface area contributed by atoms with Crippen molar-refractivity contribution in [3.63, 3.8) is 0 Å². The van der Waals surface area contributed by atoms with Crippen molar-refractivity contribution in [3.05, 3.63) is 12.7 Å². The van der Waals surface area contributed by atoms with Crippen LogP contribution in [0.4, 0.5) is 0 Å². The summed E-state index contributed by atoms with van der Waals surface area (Å²) in [6, 6.07) is 0. The Kier molecular flexibility index (Phi) is 10.9. The van der Waals surface area contributed by atoms with Gasteiger partial charge in [0.1, 0.15) is 0 Å². The molecule has 0 spiro atoms. The lowest BCUT2D eigenvalue weighted by Crippen LogP contribution is -2.39. The number of hydrogen-bond donors (Lipinski definition) is 0. The van der Waals surface area contributed by atoms with Crippen LogP contribution in [0.15, 0.2) is 12.7 Å². The topological polar surface area (TPSA) is 18.5 Å². The van der Waals surface area contributed by atoms with Crippen molar-refractivity contribution in [1.29, 1.82) is 0 Å². The molecule has 0 aromatic rings. The van der Waals surface area contributed by atoms with Crippen molar-refractivity contribution in [2.45, 2.75) is 96.9 Å². The van der Waals surface area contributed by atoms with Crippen molar-refractivity contribution in [1.82, 2.24) is 0 Å². The fraction of sp³-hybridized carbons (Fsp3) is 0.895. The van der Waals surface area contributed by atoms with Crippen LogP contribution in [0.3, 0.4) is 0 Å². The second-order valence-electron chi connectivity index (χ2n) is 6.38. The summed E-state index contributed by atoms with van der Waals surface area (Å²) in [6.45, 7) is 9.14. The van der Waals surface area contributed by atoms with Gasteiger partial charge in [-0.3, -0.25) is 0 Å². The van der Waals surface area contributed by atoms with E-state index in [0.29, 0.717) is 12.0 Å². The van der Waals surface area contributed by atoms with E-state index in [1.807, 2.05) is 6.08 Å². The zero-order chi connectivity index (χ0) is 15.3. The average Bonchev–Trinajstić information content (AvgIpc) is 2.50. The molecule has 1 heterocycles. The first-order valence-corrected chi connectivity index (χ1v) is 9.19. The fourth-order valence-electron chi connectivity index (χ4n) is 3.11. The second kappa shape index (κ2) is 12.2. The van der Waals surface area contributed by atoms with Crippen molar-refractivity contribution < 1.29 is 9.47 Å². The van der Waals surface area contributed by atoms with Crippen molar-refractivity contribution in [2.75, 3.05) is 6.61 Å². The maximum absolute atomic E-state index is 6.16. The quantitative estimate of drug-likeness (QED) is 0.331. The van der Waals surface area contributed by atoms with Gasteiger partial charge in [0.2, 0.25) is 0 Å². The van der Waals surface area contributed by atoms with Crippen LogP contribution in [0.2, 0.25) is 0 Å². The zero-order valence-electron chi connectivity index (χ0n) is 14.3. The van der Waals surface area contributed by atoms with Gasteiger partial charge in [-0.05, 0) is 38.5 Å². The van der Waals surface area contributed by atoms with E-state index in [1.54, 1.807) is 0 Å². The first-order chi connectivity index (χ1) is 10.3. The zero-order valence-corrected chi connectivity index (χ0v) is 14.3. The molecule has 0 amide bonds. The number of hydrogen-bond acceptors (Lipinski definition) is 2. The van der Waals surface area contributed by atoms with E-state index in [2.05, 4.69) is 20.4 Å². The normalized spacial score (nSPS) is 25.9. The third kappa shape index (κ3) is 8.01. The summed E-state index contributed by atoms with van der Waals surface area (Å²) in [4.78, 5) is 0. The van der Waals surface area contributed by atoms with Gasteiger partial charge in [0.25, 0.3) is 0 Å². The highest BCUT2D eigenvalue weighted by Gasteiger charge is 2.29. The van der Waals surface area contributed by atoms with E-state index in [4.69, 9.17) is 9.47 Å². The van der Waals surface area contributed by atoms with Crippen LogP contribution in [0, 0.1) is 5.92 Å². The molecule has 0 bridgehead atoms. The Bertz CT molecular complexity index is 252. The molecule has 0 saturated carbocycles. The smallest absolute Gasteiger partial charge is 0.157 e. The molecule has 2 heteroatoms. The highest BCUT2D eigenvalue weighted by Crippen LogP contribution is 2.27. The Hall–Kier alpha value is -0.340. The minimum Gasteiger partial charge on any atom is -0.352 e. The summed E-state index contributed by atoms with van der Waals surface area (Å²) in [6.07, 6.45) is 16.2. The van der Waals surface area contributed by atoms with E-state index in [0.717, 1.165) is 13.0 Å². The minimum absolute atomic E-state index is 0.0603. The summed E-state index contributed by atoms with van der Waals surface area (Å²) in [7, 11) is 0. The molecular formula is C19H36O2. The molecular weight excluding hydrogens is 260 g/mol. The lowest BCUT2D eigenvalue weighted by Gasteiger charge is -2.36. The van der Waals surface area contributed by atoms with E-state index in [9.17, 15) is 0 Å². The van der Waals surface area contributed by atoms with Gasteiger partial charge in [0.15, 0.2) is 6.29 Å². The Balaban J connectivity index is 2.05. The molecule has 0 aromatic carbocycles. The number of allylic oxidation sites excluding steroid dienone is 1. The summed E-state index contributed by atoms with van der Waals surface area (Å²) in [5.74, 6) is 0.603. The summed E-state index contributed by atoms with van der Waals surface area (Å²) in [5, 5.41) is 0. The van der Waals surface area contributed by atoms with Crippen LogP contribution < -0.4 is 0 Å². The molecule has 1 rings (SSSR count). The monoisotopic (exact) mass is 296 g/mol. The first-order valence-electron chi connectivity index (χ1n) is 9.19. The van der Waals surface area contributed by atoms with Crippen molar-refractivity contribution in [3.8, 4) is 0 Å². The summed E-state index contributed by atoms with van der Waals surface area (Å²) >= 11 is 0. The largest absolute Gasteiger partial charge is 0.352 e. The van der Waals surface area contributed by atoms with Gasteiger partial charge in [-0.25, -0.2) is 0 Å². The van der Waals surface area contributed by atoms with Gasteiger partial charge in [0, 0.05) is 5.92 Å². The molecule has 2 nitrogen and oxygen atoms in total. The SMILES string of the molecule is C=CCCCCCCCC[C@H]1OC[C@H](CC)[C@H](CCC)O1. The van der Waals surface area contributed by atoms with Crippen LogP contribution in [0.25, 0.3) is 0 Å². The molecule has 1 aliphatic rings. The van der Waals surface area contributed by atoms with Crippen molar-refractivity contribution >= 4 is 0 Å². The predicted molar refractivity (Wildman–Crippen MR) is 90.4 cm³/mol. The molecule has 3 atom stereocenters. The van der Waals surface area contributed by atoms with Gasteiger partial charge >= 0.3 is 0 Å². The molecule has 1 saturated heterocycles. The molecule has 0 N–H and O–H groups in total. The highest BCUT2D eigenvalue weighted by atomic mass is 16.7. The molecule has 0 aliphatic carbocycles. The van der Waals surface area contributed by atoms with Gasteiger partial charge in [-0.15, -0.1) is 6.58 Å². The Morgan fingerprint density at radius 3 is 2.38 bits per heavy atom. The fourth-order valence-corrected chi connectivity index (χ4v) is 3.11. The van der Waals surface area contributed by atoms with Gasteiger partial charge in [0.05, 0.1) is 12.7 Å². The Labute approximate surface area is 132 Å². The molecule has 0 radical (unpaired) electrons. The van der Waals surface area contributed by atoms with E-state index in [-0.39, 0.29) is 6.29 Å². The average molecular weight is 296 g/mol. The number of unbranched alkanes of at least 4 members (excludes halogenated alkanes) is 6. The third-order valence-electron chi connectivity index (χ3n) is 4.54. The highest BCUT2D eigenvalue weighted by molar-refractivity contribution is 4.73. The molecule has 1 fully saturated rings. The molecule has 0 aromatic heterocycles. The van der Waals surface area contributed by atoms with Crippen LogP contribution >= 0.6 is 0 Å². The van der Waals surface area contributed by atoms with Crippen LogP contribution in [0.1, 0.15) is 84.5 Å². The lowest BCUT2D eigenvalue weighted by molar-refractivity contribution is -0.240. The van der Waals surface area contributed by atoms with E-state index < -0.39 is 0 Å². The standard InChI is InChI=1S/C19H36O2/c1-4-7-8-9-10-11-12-13-15-19-20-16-17(6-3)18(21-19)14-5-2/h4,17-19H,1,5-16H2,2-3H3/t17-,18-,19-/m0/s1. The second-order valence-corrected chi connectivity index (χ2v) is 6.38. The lowest BCUT2D eigenvalue weighted by atomic mass is 9.95. The molecule has 0 unspecified atom stereocenters. The number of ether oxygens (including phenoxy) is 2. The maximum Gasteiger partial charge on any atom is 0.157 e. The molecule has 21 heavy (non-hydrogen) atoms. The van der Waals surface area contributed by atoms with E-state index in [1.165, 1.54) is 64.2 Å². The first kappa shape index (κ1) is 18.7. The van der Waals surface area contributed by atoms with Crippen LogP contribution in [-0.4, -0.2) is 19.0 Å². The molecule has 1 aliphatic heterocycles. The third-order valence-corrected chi connectivity index (χ3v) is 4.54. The number of rotatable bonds is 12. The summed E-state index contributed by atoms with van der Waals surface area (Å²) < 4.78 is 12.0. The Morgan fingerprint density at radius 2 is 1.71 bits per heavy atom. The van der Waals surface area contributed by atoms with Gasteiger partial charge in [-0.2, -0.15) is 0 Å². The molecule has 124 valence electrons. The van der Waals surface area contributed by atoms with E-state index >= 15 is 0 Å². The summed E-state index contributed by atoms with van der Waals surface area (Å²) in [5.41, 5.74) is 0. The van der Waals surface area contributed by atoms with Gasteiger partial charge < -0.3 is 9.47 Å². The Morgan fingerprint density at radius 1 is 1.00 bits per heavy atom. The van der Waals surface area contributed by atoms with Crippen molar-refractivity contribution in [2.24, 2.45) is 5.92 Å². The predicted octanol–water partition coefficient (Wildman–Crippen LogP) is 5.86. The van der Waals surface area contributed by atoms with Gasteiger partial charge in [-0.1, -0.05) is 52.0 Å².